The van der Waals surface area contributed by atoms with Gasteiger partial charge >= 0.3 is 5.97 Å². The quantitative estimate of drug-likeness (QED) is 0.702. The summed E-state index contributed by atoms with van der Waals surface area (Å²) in [5, 5.41) is 1.60. The van der Waals surface area contributed by atoms with Crippen LogP contribution >= 0.6 is 0 Å². The summed E-state index contributed by atoms with van der Waals surface area (Å²) >= 11 is 0. The minimum Gasteiger partial charge on any atom is -0.465 e. The van der Waals surface area contributed by atoms with Crippen LogP contribution in [0.5, 0.6) is 0 Å². The van der Waals surface area contributed by atoms with Crippen LogP contribution in [0.1, 0.15) is 12.5 Å². The lowest BCUT2D eigenvalue weighted by molar-refractivity contribution is -0.142. The van der Waals surface area contributed by atoms with Gasteiger partial charge in [-0.25, -0.2) is 16.8 Å². The van der Waals surface area contributed by atoms with E-state index in [1.807, 2.05) is 6.92 Å². The number of nitrogens with one attached hydrogen (secondary N) is 1. The lowest BCUT2D eigenvalue weighted by Crippen LogP contribution is -2.45. The lowest BCUT2D eigenvalue weighted by Gasteiger charge is -2.19. The van der Waals surface area contributed by atoms with Crippen molar-refractivity contribution in [1.82, 2.24) is 5.32 Å². The molecule has 1 N–H and O–H groups in total. The minimum absolute atomic E-state index is 0.0816. The Morgan fingerprint density at radius 3 is 2.46 bits per heavy atom. The molecule has 1 aromatic rings. The van der Waals surface area contributed by atoms with Gasteiger partial charge in [0.15, 0.2) is 19.7 Å². The van der Waals surface area contributed by atoms with Crippen LogP contribution in [-0.4, -0.2) is 58.8 Å². The smallest absolute Gasteiger partial charge is 0.319 e. The molecule has 1 heterocycles. The van der Waals surface area contributed by atoms with Gasteiger partial charge in [-0.1, -0.05) is 17.7 Å². The van der Waals surface area contributed by atoms with Gasteiger partial charge in [0, 0.05) is 6.04 Å². The molecular weight excluding hydrogens is 354 g/mol. The van der Waals surface area contributed by atoms with Crippen LogP contribution in [0.3, 0.4) is 0 Å². The zero-order valence-electron chi connectivity index (χ0n) is 13.6. The molecule has 0 amide bonds. The average molecular weight is 375 g/mol. The predicted molar refractivity (Wildman–Crippen MR) is 89.2 cm³/mol. The number of hydrogen-bond acceptors (Lipinski definition) is 7. The molecular formula is C15H21NO6S2. The molecule has 7 nitrogen and oxygen atoms in total. The third-order valence-electron chi connectivity index (χ3n) is 3.86. The van der Waals surface area contributed by atoms with Gasteiger partial charge in [-0.2, -0.15) is 0 Å². The van der Waals surface area contributed by atoms with Crippen LogP contribution in [0.15, 0.2) is 29.2 Å². The van der Waals surface area contributed by atoms with Gasteiger partial charge in [0.05, 0.1) is 34.8 Å². The summed E-state index contributed by atoms with van der Waals surface area (Å²) in [5.41, 5.74) is 0.907. The Morgan fingerprint density at radius 2 is 1.88 bits per heavy atom. The van der Waals surface area contributed by atoms with Crippen molar-refractivity contribution < 1.29 is 26.4 Å². The zero-order valence-corrected chi connectivity index (χ0v) is 15.2. The van der Waals surface area contributed by atoms with E-state index in [4.69, 9.17) is 4.74 Å². The summed E-state index contributed by atoms with van der Waals surface area (Å²) in [7, 11) is -7.33. The lowest BCUT2D eigenvalue weighted by atomic mass is 10.2. The van der Waals surface area contributed by atoms with Crippen molar-refractivity contribution in [3.05, 3.63) is 29.8 Å². The van der Waals surface area contributed by atoms with Crippen molar-refractivity contribution in [2.24, 2.45) is 0 Å². The number of hydrogen-bond donors (Lipinski definition) is 1. The number of benzene rings is 1. The van der Waals surface area contributed by atoms with Gasteiger partial charge in [-0.3, -0.25) is 4.79 Å². The van der Waals surface area contributed by atoms with Gasteiger partial charge < -0.3 is 10.1 Å². The Bertz CT molecular complexity index is 799. The van der Waals surface area contributed by atoms with Crippen LogP contribution < -0.4 is 5.32 Å². The molecule has 134 valence electrons. The van der Waals surface area contributed by atoms with E-state index >= 15 is 0 Å². The summed E-state index contributed by atoms with van der Waals surface area (Å²) in [6, 6.07) is 5.43. The van der Waals surface area contributed by atoms with Gasteiger partial charge in [0.25, 0.3) is 0 Å². The fourth-order valence-electron chi connectivity index (χ4n) is 2.64. The van der Waals surface area contributed by atoms with E-state index < -0.39 is 42.7 Å². The van der Waals surface area contributed by atoms with Gasteiger partial charge in [0.2, 0.25) is 0 Å². The van der Waals surface area contributed by atoms with Crippen molar-refractivity contribution in [1.29, 1.82) is 0 Å². The van der Waals surface area contributed by atoms with Crippen molar-refractivity contribution in [3.63, 3.8) is 0 Å². The van der Waals surface area contributed by atoms with Crippen molar-refractivity contribution in [2.75, 3.05) is 24.7 Å². The molecule has 0 radical (unpaired) electrons. The topological polar surface area (TPSA) is 107 Å². The normalized spacial score (nSPS) is 23.1. The molecule has 0 spiro atoms. The highest BCUT2D eigenvalue weighted by Gasteiger charge is 2.45. The first-order chi connectivity index (χ1) is 11.2. The van der Waals surface area contributed by atoms with Crippen LogP contribution in [-0.2, 0) is 29.2 Å². The molecule has 2 atom stereocenters. The Hall–Kier alpha value is -1.45. The Kier molecular flexibility index (Phi) is 5.67. The molecule has 0 aromatic heterocycles. The fourth-order valence-corrected chi connectivity index (χ4v) is 7.36. The first-order valence-electron chi connectivity index (χ1n) is 7.55. The highest BCUT2D eigenvalue weighted by Crippen LogP contribution is 2.26. The van der Waals surface area contributed by atoms with Crippen LogP contribution in [0.4, 0.5) is 0 Å². The first kappa shape index (κ1) is 18.9. The molecule has 1 saturated heterocycles. The molecule has 0 unspecified atom stereocenters. The molecule has 1 aliphatic rings. The predicted octanol–water partition coefficient (Wildman–Crippen LogP) is 0.0870. The number of carbonyl (C=O) groups excluding carboxylic acids is 1. The maximum absolute atomic E-state index is 12.8. The molecule has 9 heteroatoms. The molecule has 24 heavy (non-hydrogen) atoms. The second-order valence-corrected chi connectivity index (χ2v) is 10.1. The summed E-state index contributed by atoms with van der Waals surface area (Å²) in [6.07, 6.45) is 0. The first-order valence-corrected chi connectivity index (χ1v) is 10.9. The fraction of sp³-hybridized carbons (Fsp3) is 0.533. The molecule has 1 aliphatic heterocycles. The van der Waals surface area contributed by atoms with E-state index in [9.17, 15) is 21.6 Å². The maximum atomic E-state index is 12.8. The summed E-state index contributed by atoms with van der Waals surface area (Å²) in [5.74, 6) is -1.32. The third kappa shape index (κ3) is 4.34. The van der Waals surface area contributed by atoms with E-state index in [2.05, 4.69) is 5.32 Å². The van der Waals surface area contributed by atoms with Crippen LogP contribution in [0.25, 0.3) is 0 Å². The Balaban J connectivity index is 2.24. The second kappa shape index (κ2) is 7.20. The van der Waals surface area contributed by atoms with E-state index in [1.165, 1.54) is 12.1 Å². The summed E-state index contributed by atoms with van der Waals surface area (Å²) in [4.78, 5) is 11.5. The van der Waals surface area contributed by atoms with E-state index in [0.717, 1.165) is 5.56 Å². The number of sulfone groups is 2. The second-order valence-electron chi connectivity index (χ2n) is 5.77. The maximum Gasteiger partial charge on any atom is 0.319 e. The monoisotopic (exact) mass is 375 g/mol. The molecule has 0 aliphatic carbocycles. The third-order valence-corrected chi connectivity index (χ3v) is 8.03. The summed E-state index contributed by atoms with van der Waals surface area (Å²) in [6.45, 7) is 3.46. The minimum atomic E-state index is -3.83. The Labute approximate surface area is 142 Å². The molecule has 1 aromatic carbocycles. The molecule has 1 fully saturated rings. The average Bonchev–Trinajstić information content (AvgIpc) is 2.82. The van der Waals surface area contributed by atoms with Crippen molar-refractivity contribution in [3.8, 4) is 0 Å². The molecule has 0 bridgehead atoms. The van der Waals surface area contributed by atoms with E-state index in [1.54, 1.807) is 19.1 Å². The van der Waals surface area contributed by atoms with Crippen LogP contribution in [0.2, 0.25) is 0 Å². The van der Waals surface area contributed by atoms with Crippen molar-refractivity contribution >= 4 is 25.6 Å². The highest BCUT2D eigenvalue weighted by molar-refractivity contribution is 7.96. The number of carbonyl (C=O) groups is 1. The van der Waals surface area contributed by atoms with Crippen LogP contribution in [0, 0.1) is 6.92 Å². The zero-order chi connectivity index (χ0) is 18.0. The largest absolute Gasteiger partial charge is 0.465 e. The Morgan fingerprint density at radius 1 is 1.25 bits per heavy atom. The van der Waals surface area contributed by atoms with E-state index in [-0.39, 0.29) is 23.8 Å². The molecule has 0 saturated carbocycles. The van der Waals surface area contributed by atoms with Gasteiger partial charge in [0.1, 0.15) is 0 Å². The number of esters is 1. The highest BCUT2D eigenvalue weighted by atomic mass is 32.2. The summed E-state index contributed by atoms with van der Waals surface area (Å²) < 4.78 is 54.2. The van der Waals surface area contributed by atoms with Gasteiger partial charge in [-0.05, 0) is 26.0 Å². The number of ether oxygens (including phenoxy) is 1. The van der Waals surface area contributed by atoms with E-state index in [0.29, 0.717) is 0 Å². The standard InChI is InChI=1S/C15H21NO6S2/c1-3-22-15(17)8-16-13-9-23(18,19)10-14(13)24(20,21)12-6-4-11(2)5-7-12/h4-7,13-14,16H,3,8-10H2,1-2H3/t13-,14-/m0/s1. The van der Waals surface area contributed by atoms with Crippen molar-refractivity contribution in [2.45, 2.75) is 30.0 Å². The van der Waals surface area contributed by atoms with Gasteiger partial charge in [-0.15, -0.1) is 0 Å². The number of rotatable bonds is 6. The number of aryl methyl sites for hydroxylation is 1. The molecule has 2 rings (SSSR count). The SMILES string of the molecule is CCOC(=O)CN[C@H]1CS(=O)(=O)C[C@@H]1S(=O)(=O)c1ccc(C)cc1.